The maximum atomic E-state index is 12.9. The van der Waals surface area contributed by atoms with Crippen LogP contribution in [0.5, 0.6) is 5.75 Å². The number of carbonyl (C=O) groups excluding carboxylic acids is 2. The molecule has 210 valence electrons. The molecule has 6 heteroatoms. The van der Waals surface area contributed by atoms with E-state index in [0.29, 0.717) is 29.8 Å². The minimum Gasteiger partial charge on any atom is -0.493 e. The molecule has 5 rings (SSSR count). The summed E-state index contributed by atoms with van der Waals surface area (Å²) in [5.74, 6) is 0.211. The lowest BCUT2D eigenvalue weighted by Crippen LogP contribution is -2.14. The van der Waals surface area contributed by atoms with Gasteiger partial charge in [-0.25, -0.2) is 10.3 Å². The van der Waals surface area contributed by atoms with Gasteiger partial charge in [0, 0.05) is 29.3 Å². The van der Waals surface area contributed by atoms with Gasteiger partial charge in [0.2, 0.25) is 0 Å². The molecule has 6 nitrogen and oxygen atoms in total. The Hall–Kier alpha value is -5.23. The van der Waals surface area contributed by atoms with E-state index in [2.05, 4.69) is 35.6 Å². The lowest BCUT2D eigenvalue weighted by atomic mass is 10.0. The first-order valence-electron chi connectivity index (χ1n) is 13.9. The van der Waals surface area contributed by atoms with Gasteiger partial charge in [-0.2, -0.15) is 0 Å². The lowest BCUT2D eigenvalue weighted by Gasteiger charge is -2.12. The molecule has 0 saturated carbocycles. The molecule has 1 N–H and O–H groups in total. The van der Waals surface area contributed by atoms with E-state index >= 15 is 0 Å². The minimum atomic E-state index is -0.417. The number of nitrogens with one attached hydrogen (secondary N) is 1. The Bertz CT molecular complexity index is 1640. The number of hydrogen-bond acceptors (Lipinski definition) is 6. The third kappa shape index (κ3) is 7.49. The Morgan fingerprint density at radius 2 is 1.48 bits per heavy atom. The van der Waals surface area contributed by atoms with Gasteiger partial charge in [0.15, 0.2) is 5.78 Å². The first-order chi connectivity index (χ1) is 20.6. The van der Waals surface area contributed by atoms with Crippen LogP contribution in [0.15, 0.2) is 121 Å². The highest BCUT2D eigenvalue weighted by Crippen LogP contribution is 2.22. The number of aryl methyl sites for hydroxylation is 2. The fourth-order valence-corrected chi connectivity index (χ4v) is 4.56. The Balaban J connectivity index is 1.08. The van der Waals surface area contributed by atoms with E-state index in [9.17, 15) is 9.59 Å². The van der Waals surface area contributed by atoms with Gasteiger partial charge in [-0.05, 0) is 60.4 Å². The smallest absolute Gasteiger partial charge is 0.332 e. The first-order valence-corrected chi connectivity index (χ1v) is 13.9. The Kier molecular flexibility index (Phi) is 9.37. The Labute approximate surface area is 245 Å². The van der Waals surface area contributed by atoms with Gasteiger partial charge in [0.05, 0.1) is 24.4 Å². The van der Waals surface area contributed by atoms with Crippen LogP contribution in [-0.4, -0.2) is 23.3 Å². The minimum absolute atomic E-state index is 0.148. The Morgan fingerprint density at radius 1 is 0.786 bits per heavy atom. The van der Waals surface area contributed by atoms with E-state index in [4.69, 9.17) is 9.57 Å². The number of rotatable bonds is 12. The van der Waals surface area contributed by atoms with E-state index in [1.807, 2.05) is 66.9 Å². The number of hydrogen-bond donors (Lipinski definition) is 1. The summed E-state index contributed by atoms with van der Waals surface area (Å²) in [5.41, 5.74) is 9.51. The highest BCUT2D eigenvalue weighted by molar-refractivity contribution is 6.12. The fourth-order valence-electron chi connectivity index (χ4n) is 4.56. The van der Waals surface area contributed by atoms with Crippen molar-refractivity contribution in [3.8, 4) is 17.0 Å². The molecule has 4 aromatic carbocycles. The first kappa shape index (κ1) is 28.3. The van der Waals surface area contributed by atoms with Crippen LogP contribution in [0.2, 0.25) is 0 Å². The van der Waals surface area contributed by atoms with Gasteiger partial charge < -0.3 is 9.57 Å². The summed E-state index contributed by atoms with van der Waals surface area (Å²) in [6.45, 7) is 2.61. The normalized spacial score (nSPS) is 10.6. The molecule has 0 amide bonds. The molecular formula is C36H32N2O4. The van der Waals surface area contributed by atoms with Crippen LogP contribution < -0.4 is 10.2 Å². The van der Waals surface area contributed by atoms with Gasteiger partial charge in [-0.3, -0.25) is 9.78 Å². The van der Waals surface area contributed by atoms with E-state index in [0.717, 1.165) is 34.6 Å². The van der Waals surface area contributed by atoms with Crippen LogP contribution in [-0.2, 0) is 22.5 Å². The number of ketones is 1. The molecule has 0 atom stereocenters. The van der Waals surface area contributed by atoms with E-state index in [1.165, 1.54) is 5.56 Å². The summed E-state index contributed by atoms with van der Waals surface area (Å²) in [6, 6.07) is 36.0. The lowest BCUT2D eigenvalue weighted by molar-refractivity contribution is -0.140. The van der Waals surface area contributed by atoms with Gasteiger partial charge in [0.1, 0.15) is 5.75 Å². The number of anilines is 1. The molecule has 0 aliphatic rings. The van der Waals surface area contributed by atoms with Crippen LogP contribution in [0.25, 0.3) is 11.3 Å². The molecule has 0 bridgehead atoms. The van der Waals surface area contributed by atoms with Crippen molar-refractivity contribution in [1.29, 1.82) is 0 Å². The fraction of sp³-hybridized carbons (Fsp3) is 0.139. The van der Waals surface area contributed by atoms with Crippen molar-refractivity contribution in [3.05, 3.63) is 149 Å². The molecule has 0 spiro atoms. The van der Waals surface area contributed by atoms with E-state index in [-0.39, 0.29) is 12.2 Å². The van der Waals surface area contributed by atoms with Gasteiger partial charge in [-0.1, -0.05) is 84.9 Å². The topological polar surface area (TPSA) is 77.5 Å². The molecule has 0 aliphatic heterocycles. The van der Waals surface area contributed by atoms with Crippen LogP contribution >= 0.6 is 0 Å². The van der Waals surface area contributed by atoms with Crippen LogP contribution in [0, 0.1) is 6.92 Å². The number of aromatic nitrogens is 1. The SMILES string of the molecule is Cc1cnc(-c2ccccc2)cc1CCOc1ccc(CCC(=O)ONc2ccccc2C(=O)c2ccccc2)cc1. The summed E-state index contributed by atoms with van der Waals surface area (Å²) < 4.78 is 5.99. The summed E-state index contributed by atoms with van der Waals surface area (Å²) in [5, 5.41) is 0. The van der Waals surface area contributed by atoms with Crippen molar-refractivity contribution in [2.24, 2.45) is 0 Å². The van der Waals surface area contributed by atoms with E-state index < -0.39 is 5.97 Å². The monoisotopic (exact) mass is 556 g/mol. The van der Waals surface area contributed by atoms with Gasteiger partial charge in [-0.15, -0.1) is 0 Å². The number of ether oxygens (including phenoxy) is 1. The van der Waals surface area contributed by atoms with Gasteiger partial charge in [0.25, 0.3) is 0 Å². The van der Waals surface area contributed by atoms with Crippen molar-refractivity contribution >= 4 is 17.4 Å². The largest absolute Gasteiger partial charge is 0.493 e. The number of benzene rings is 4. The average molecular weight is 557 g/mol. The molecule has 1 aromatic heterocycles. The van der Waals surface area contributed by atoms with Crippen molar-refractivity contribution in [2.75, 3.05) is 12.1 Å². The average Bonchev–Trinajstić information content (AvgIpc) is 3.05. The van der Waals surface area contributed by atoms with Crippen LogP contribution in [0.3, 0.4) is 0 Å². The molecule has 0 aliphatic carbocycles. The second-order valence-electron chi connectivity index (χ2n) is 9.92. The summed E-state index contributed by atoms with van der Waals surface area (Å²) in [6.07, 6.45) is 3.39. The third-order valence-electron chi connectivity index (χ3n) is 6.95. The van der Waals surface area contributed by atoms with Crippen LogP contribution in [0.4, 0.5) is 5.69 Å². The summed E-state index contributed by atoms with van der Waals surface area (Å²) in [4.78, 5) is 35.1. The van der Waals surface area contributed by atoms with Crippen molar-refractivity contribution in [2.45, 2.75) is 26.2 Å². The van der Waals surface area contributed by atoms with Crippen molar-refractivity contribution < 1.29 is 19.2 Å². The molecule has 0 fully saturated rings. The molecule has 0 saturated heterocycles. The maximum Gasteiger partial charge on any atom is 0.332 e. The third-order valence-corrected chi connectivity index (χ3v) is 6.95. The molecule has 42 heavy (non-hydrogen) atoms. The summed E-state index contributed by atoms with van der Waals surface area (Å²) >= 11 is 0. The molecule has 5 aromatic rings. The Morgan fingerprint density at radius 3 is 2.24 bits per heavy atom. The number of carbonyl (C=O) groups is 2. The van der Waals surface area contributed by atoms with Crippen LogP contribution in [0.1, 0.15) is 39.0 Å². The highest BCUT2D eigenvalue weighted by atomic mass is 16.7. The molecular weight excluding hydrogens is 524 g/mol. The number of para-hydroxylation sites is 1. The standard InChI is InChI=1S/C36H32N2O4/c1-26-25-37-34(28-10-4-2-5-11-28)24-30(26)22-23-41-31-19-16-27(17-20-31)18-21-35(39)42-38-33-15-9-8-14-32(33)36(40)29-12-6-3-7-13-29/h2-17,19-20,24-25,38H,18,21-23H2,1H3. The van der Waals surface area contributed by atoms with Crippen molar-refractivity contribution in [1.82, 2.24) is 4.98 Å². The maximum absolute atomic E-state index is 12.9. The second-order valence-corrected chi connectivity index (χ2v) is 9.92. The number of pyridine rings is 1. The zero-order valence-corrected chi connectivity index (χ0v) is 23.5. The molecule has 1 heterocycles. The van der Waals surface area contributed by atoms with Crippen molar-refractivity contribution in [3.63, 3.8) is 0 Å². The molecule has 0 radical (unpaired) electrons. The predicted molar refractivity (Wildman–Crippen MR) is 164 cm³/mol. The zero-order chi connectivity index (χ0) is 29.1. The predicted octanol–water partition coefficient (Wildman–Crippen LogP) is 7.41. The highest BCUT2D eigenvalue weighted by Gasteiger charge is 2.14. The number of nitrogens with zero attached hydrogens (tertiary/aromatic N) is 1. The van der Waals surface area contributed by atoms with Gasteiger partial charge >= 0.3 is 5.97 Å². The van der Waals surface area contributed by atoms with E-state index in [1.54, 1.807) is 36.4 Å². The zero-order valence-electron chi connectivity index (χ0n) is 23.5. The quantitative estimate of drug-likeness (QED) is 0.127. The molecule has 0 unspecified atom stereocenters. The second kappa shape index (κ2) is 13.9. The summed E-state index contributed by atoms with van der Waals surface area (Å²) in [7, 11) is 0.